The highest BCUT2D eigenvalue weighted by Crippen LogP contribution is 2.24. The summed E-state index contributed by atoms with van der Waals surface area (Å²) in [5.74, 6) is -1.67. The standard InChI is InChI=1S/C15H13FO3/c16-13(15(18)19)14(17)12-8-6-11(7-9-12)10-4-2-1-3-5-10/h1-9,13-14,17H,(H,18,19). The molecule has 2 rings (SSSR count). The first kappa shape index (κ1) is 13.2. The van der Waals surface area contributed by atoms with E-state index in [0.29, 0.717) is 0 Å². The first-order chi connectivity index (χ1) is 9.09. The molecule has 98 valence electrons. The van der Waals surface area contributed by atoms with Crippen molar-refractivity contribution in [2.75, 3.05) is 0 Å². The molecule has 2 unspecified atom stereocenters. The fourth-order valence-electron chi connectivity index (χ4n) is 1.81. The van der Waals surface area contributed by atoms with Gasteiger partial charge < -0.3 is 10.2 Å². The van der Waals surface area contributed by atoms with Crippen molar-refractivity contribution in [1.82, 2.24) is 0 Å². The lowest BCUT2D eigenvalue weighted by Crippen LogP contribution is -2.23. The molecule has 2 N–H and O–H groups in total. The summed E-state index contributed by atoms with van der Waals surface area (Å²) in [5, 5.41) is 18.1. The average molecular weight is 260 g/mol. The van der Waals surface area contributed by atoms with Gasteiger partial charge in [0.05, 0.1) is 0 Å². The molecule has 0 aromatic heterocycles. The zero-order chi connectivity index (χ0) is 13.8. The maximum absolute atomic E-state index is 13.2. The van der Waals surface area contributed by atoms with Crippen molar-refractivity contribution >= 4 is 5.97 Å². The summed E-state index contributed by atoms with van der Waals surface area (Å²) >= 11 is 0. The van der Waals surface area contributed by atoms with Gasteiger partial charge in [0.15, 0.2) is 0 Å². The van der Waals surface area contributed by atoms with Crippen LogP contribution in [-0.4, -0.2) is 22.4 Å². The van der Waals surface area contributed by atoms with Crippen molar-refractivity contribution in [2.24, 2.45) is 0 Å². The second kappa shape index (κ2) is 5.63. The van der Waals surface area contributed by atoms with Crippen LogP contribution in [0.4, 0.5) is 4.39 Å². The molecule has 0 amide bonds. The third kappa shape index (κ3) is 2.98. The predicted octanol–water partition coefficient (Wildman–Crippen LogP) is 2.81. The van der Waals surface area contributed by atoms with E-state index >= 15 is 0 Å². The highest BCUT2D eigenvalue weighted by Gasteiger charge is 2.27. The number of aliphatic hydroxyl groups is 1. The number of halogens is 1. The van der Waals surface area contributed by atoms with Gasteiger partial charge in [0.2, 0.25) is 6.17 Å². The molecule has 0 aliphatic heterocycles. The Kier molecular flexibility index (Phi) is 3.92. The highest BCUT2D eigenvalue weighted by molar-refractivity contribution is 5.73. The van der Waals surface area contributed by atoms with E-state index in [-0.39, 0.29) is 5.56 Å². The molecule has 0 aliphatic carbocycles. The Balaban J connectivity index is 2.22. The minimum atomic E-state index is -2.32. The molecule has 0 fully saturated rings. The van der Waals surface area contributed by atoms with E-state index in [0.717, 1.165) is 11.1 Å². The zero-order valence-corrected chi connectivity index (χ0v) is 10.0. The van der Waals surface area contributed by atoms with Gasteiger partial charge in [-0.15, -0.1) is 0 Å². The highest BCUT2D eigenvalue weighted by atomic mass is 19.1. The molecule has 0 radical (unpaired) electrons. The van der Waals surface area contributed by atoms with Crippen LogP contribution >= 0.6 is 0 Å². The Morgan fingerprint density at radius 2 is 1.47 bits per heavy atom. The van der Waals surface area contributed by atoms with Gasteiger partial charge in [-0.1, -0.05) is 54.6 Å². The van der Waals surface area contributed by atoms with E-state index in [1.807, 2.05) is 30.3 Å². The fourth-order valence-corrected chi connectivity index (χ4v) is 1.81. The van der Waals surface area contributed by atoms with Gasteiger partial charge in [-0.2, -0.15) is 0 Å². The molecule has 0 bridgehead atoms. The van der Waals surface area contributed by atoms with Gasteiger partial charge in [0, 0.05) is 0 Å². The molecule has 0 saturated heterocycles. The maximum Gasteiger partial charge on any atom is 0.341 e. The number of rotatable bonds is 4. The number of aliphatic carboxylic acids is 1. The third-order valence-corrected chi connectivity index (χ3v) is 2.87. The lowest BCUT2D eigenvalue weighted by molar-refractivity contribution is -0.147. The number of hydrogen-bond donors (Lipinski definition) is 2. The Bertz CT molecular complexity index is 551. The Labute approximate surface area is 109 Å². The van der Waals surface area contributed by atoms with Crippen LogP contribution in [0.5, 0.6) is 0 Å². The molecule has 3 nitrogen and oxygen atoms in total. The average Bonchev–Trinajstić information content (AvgIpc) is 2.46. The number of carboxylic acid groups (broad SMARTS) is 1. The predicted molar refractivity (Wildman–Crippen MR) is 69.4 cm³/mol. The molecule has 0 saturated carbocycles. The molecule has 2 aromatic carbocycles. The van der Waals surface area contributed by atoms with Crippen LogP contribution in [0, 0.1) is 0 Å². The van der Waals surface area contributed by atoms with Crippen molar-refractivity contribution < 1.29 is 19.4 Å². The van der Waals surface area contributed by atoms with E-state index in [2.05, 4.69) is 0 Å². The van der Waals surface area contributed by atoms with Gasteiger partial charge in [0.1, 0.15) is 6.10 Å². The Morgan fingerprint density at radius 3 is 2.00 bits per heavy atom. The summed E-state index contributed by atoms with van der Waals surface area (Å²) in [4.78, 5) is 10.5. The molecular weight excluding hydrogens is 247 g/mol. The van der Waals surface area contributed by atoms with Crippen LogP contribution in [0.25, 0.3) is 11.1 Å². The lowest BCUT2D eigenvalue weighted by atomic mass is 10.00. The van der Waals surface area contributed by atoms with Crippen LogP contribution in [-0.2, 0) is 4.79 Å². The monoisotopic (exact) mass is 260 g/mol. The number of carboxylic acids is 1. The summed E-state index contributed by atoms with van der Waals surface area (Å²) in [6.07, 6.45) is -3.97. The quantitative estimate of drug-likeness (QED) is 0.888. The molecule has 2 atom stereocenters. The topological polar surface area (TPSA) is 57.5 Å². The van der Waals surface area contributed by atoms with Crippen LogP contribution in [0.15, 0.2) is 54.6 Å². The summed E-state index contributed by atoms with van der Waals surface area (Å²) in [6.45, 7) is 0. The van der Waals surface area contributed by atoms with Crippen molar-refractivity contribution in [3.63, 3.8) is 0 Å². The maximum atomic E-state index is 13.2. The number of benzene rings is 2. The van der Waals surface area contributed by atoms with Gasteiger partial charge in [-0.3, -0.25) is 0 Å². The second-order valence-electron chi connectivity index (χ2n) is 4.17. The third-order valence-electron chi connectivity index (χ3n) is 2.87. The largest absolute Gasteiger partial charge is 0.479 e. The first-order valence-corrected chi connectivity index (χ1v) is 5.80. The normalized spacial score (nSPS) is 13.8. The van der Waals surface area contributed by atoms with E-state index < -0.39 is 18.2 Å². The van der Waals surface area contributed by atoms with E-state index in [1.54, 1.807) is 12.1 Å². The number of carbonyl (C=O) groups is 1. The molecule has 4 heteroatoms. The zero-order valence-electron chi connectivity index (χ0n) is 10.0. The summed E-state index contributed by atoms with van der Waals surface area (Å²) in [6, 6.07) is 16.1. The molecule has 2 aromatic rings. The lowest BCUT2D eigenvalue weighted by Gasteiger charge is -2.13. The molecule has 0 aliphatic rings. The van der Waals surface area contributed by atoms with Crippen LogP contribution < -0.4 is 0 Å². The van der Waals surface area contributed by atoms with Crippen LogP contribution in [0.2, 0.25) is 0 Å². The smallest absolute Gasteiger partial charge is 0.341 e. The Hall–Kier alpha value is -2.20. The second-order valence-corrected chi connectivity index (χ2v) is 4.17. The van der Waals surface area contributed by atoms with E-state index in [9.17, 15) is 14.3 Å². The number of aliphatic hydroxyl groups excluding tert-OH is 1. The van der Waals surface area contributed by atoms with Gasteiger partial charge in [-0.25, -0.2) is 9.18 Å². The minimum absolute atomic E-state index is 0.245. The van der Waals surface area contributed by atoms with Gasteiger partial charge >= 0.3 is 5.97 Å². The fraction of sp³-hybridized carbons (Fsp3) is 0.133. The molecule has 0 spiro atoms. The summed E-state index contributed by atoms with van der Waals surface area (Å²) < 4.78 is 13.2. The van der Waals surface area contributed by atoms with E-state index in [1.165, 1.54) is 12.1 Å². The first-order valence-electron chi connectivity index (χ1n) is 5.80. The van der Waals surface area contributed by atoms with Crippen LogP contribution in [0.3, 0.4) is 0 Å². The van der Waals surface area contributed by atoms with Crippen molar-refractivity contribution in [3.05, 3.63) is 60.2 Å². The SMILES string of the molecule is O=C(O)C(F)C(O)c1ccc(-c2ccccc2)cc1. The van der Waals surface area contributed by atoms with Crippen molar-refractivity contribution in [3.8, 4) is 11.1 Å². The number of hydrogen-bond acceptors (Lipinski definition) is 2. The van der Waals surface area contributed by atoms with Crippen molar-refractivity contribution in [1.29, 1.82) is 0 Å². The van der Waals surface area contributed by atoms with Gasteiger partial charge in [0.25, 0.3) is 0 Å². The molecular formula is C15H13FO3. The van der Waals surface area contributed by atoms with Crippen molar-refractivity contribution in [2.45, 2.75) is 12.3 Å². The van der Waals surface area contributed by atoms with Gasteiger partial charge in [-0.05, 0) is 16.7 Å². The summed E-state index contributed by atoms with van der Waals surface area (Å²) in [7, 11) is 0. The Morgan fingerprint density at radius 1 is 0.947 bits per heavy atom. The van der Waals surface area contributed by atoms with Crippen LogP contribution in [0.1, 0.15) is 11.7 Å². The summed E-state index contributed by atoms with van der Waals surface area (Å²) in [5.41, 5.74) is 2.16. The molecule has 0 heterocycles. The van der Waals surface area contributed by atoms with E-state index in [4.69, 9.17) is 5.11 Å². The minimum Gasteiger partial charge on any atom is -0.479 e. The number of alkyl halides is 1. The molecule has 19 heavy (non-hydrogen) atoms.